The van der Waals surface area contributed by atoms with Crippen LogP contribution in [0.4, 0.5) is 13.2 Å². The first-order chi connectivity index (χ1) is 7.93. The number of imidazole rings is 1. The van der Waals surface area contributed by atoms with Crippen LogP contribution >= 0.6 is 11.6 Å². The first-order valence-corrected chi connectivity index (χ1v) is 5.15. The molecule has 90 valence electrons. The molecule has 1 aromatic heterocycles. The minimum Gasteiger partial charge on any atom is -0.316 e. The second-order valence-electron chi connectivity index (χ2n) is 3.47. The molecule has 6 heteroatoms. The second kappa shape index (κ2) is 4.07. The Hall–Kier alpha value is -1.49. The molecule has 0 aliphatic heterocycles. The number of halogens is 4. The molecule has 2 aromatic rings. The van der Waals surface area contributed by atoms with Crippen LogP contribution in [0.5, 0.6) is 0 Å². The fourth-order valence-electron chi connectivity index (χ4n) is 1.63. The number of alkyl halides is 3. The fourth-order valence-corrected chi connectivity index (χ4v) is 1.79. The molecular formula is C11H8ClF3N2. The lowest BCUT2D eigenvalue weighted by atomic mass is 10.3. The Morgan fingerprint density at radius 1 is 1.41 bits per heavy atom. The van der Waals surface area contributed by atoms with E-state index in [1.165, 1.54) is 24.3 Å². The third kappa shape index (κ3) is 2.15. The summed E-state index contributed by atoms with van der Waals surface area (Å²) < 4.78 is 39.3. The van der Waals surface area contributed by atoms with Gasteiger partial charge in [0.1, 0.15) is 0 Å². The van der Waals surface area contributed by atoms with E-state index in [0.29, 0.717) is 10.5 Å². The maximum absolute atomic E-state index is 12.8. The summed E-state index contributed by atoms with van der Waals surface area (Å²) in [6, 6.07) is 4.43. The topological polar surface area (TPSA) is 17.8 Å². The first kappa shape index (κ1) is 12.0. The predicted molar refractivity (Wildman–Crippen MR) is 59.9 cm³/mol. The minimum absolute atomic E-state index is 0.0334. The van der Waals surface area contributed by atoms with E-state index in [0.717, 1.165) is 4.57 Å². The predicted octanol–water partition coefficient (Wildman–Crippen LogP) is 3.89. The van der Waals surface area contributed by atoms with Crippen LogP contribution in [0.25, 0.3) is 11.0 Å². The zero-order chi connectivity index (χ0) is 12.6. The van der Waals surface area contributed by atoms with Crippen LogP contribution in [-0.4, -0.2) is 9.55 Å². The van der Waals surface area contributed by atoms with Gasteiger partial charge in [-0.15, -0.1) is 6.58 Å². The average Bonchev–Trinajstić information content (AvgIpc) is 2.57. The second-order valence-corrected chi connectivity index (χ2v) is 3.90. The molecular weight excluding hydrogens is 253 g/mol. The summed E-state index contributed by atoms with van der Waals surface area (Å²) >= 11 is 5.77. The van der Waals surface area contributed by atoms with Crippen molar-refractivity contribution in [2.45, 2.75) is 12.7 Å². The Morgan fingerprint density at radius 2 is 2.12 bits per heavy atom. The summed E-state index contributed by atoms with van der Waals surface area (Å²) in [6.45, 7) is 3.47. The summed E-state index contributed by atoms with van der Waals surface area (Å²) in [6.07, 6.45) is -3.11. The molecule has 0 amide bonds. The Bertz CT molecular complexity index is 572. The third-order valence-electron chi connectivity index (χ3n) is 2.28. The number of fused-ring (bicyclic) bond motifs is 1. The lowest BCUT2D eigenvalue weighted by Crippen LogP contribution is -2.14. The van der Waals surface area contributed by atoms with Crippen molar-refractivity contribution >= 4 is 22.6 Å². The lowest BCUT2D eigenvalue weighted by molar-refractivity contribution is -0.146. The van der Waals surface area contributed by atoms with E-state index in [-0.39, 0.29) is 12.1 Å². The van der Waals surface area contributed by atoms with Crippen LogP contribution in [-0.2, 0) is 12.7 Å². The van der Waals surface area contributed by atoms with Gasteiger partial charge in [0.15, 0.2) is 0 Å². The number of hydrogen-bond donors (Lipinski definition) is 0. The summed E-state index contributed by atoms with van der Waals surface area (Å²) in [7, 11) is 0. The molecule has 2 rings (SSSR count). The Kier molecular flexibility index (Phi) is 2.87. The van der Waals surface area contributed by atoms with Crippen LogP contribution in [0.15, 0.2) is 30.9 Å². The molecule has 17 heavy (non-hydrogen) atoms. The summed E-state index contributed by atoms with van der Waals surface area (Å²) in [4.78, 5) is 3.58. The van der Waals surface area contributed by atoms with Crippen molar-refractivity contribution in [3.63, 3.8) is 0 Å². The van der Waals surface area contributed by atoms with Crippen molar-refractivity contribution < 1.29 is 13.2 Å². The normalized spacial score (nSPS) is 12.0. The van der Waals surface area contributed by atoms with Gasteiger partial charge in [-0.2, -0.15) is 13.2 Å². The van der Waals surface area contributed by atoms with Gasteiger partial charge in [0.2, 0.25) is 5.82 Å². The van der Waals surface area contributed by atoms with Gasteiger partial charge in [-0.05, 0) is 18.2 Å². The molecule has 0 fully saturated rings. The zero-order valence-electron chi connectivity index (χ0n) is 8.63. The number of benzene rings is 1. The van der Waals surface area contributed by atoms with E-state index < -0.39 is 12.0 Å². The standard InChI is InChI=1S/C11H8ClF3N2/c1-2-5-17-9-6-7(12)3-4-8(9)16-10(17)11(13,14)15/h2-4,6H,1,5H2. The van der Waals surface area contributed by atoms with E-state index in [9.17, 15) is 13.2 Å². The number of allylic oxidation sites excluding steroid dienone is 1. The van der Waals surface area contributed by atoms with Gasteiger partial charge >= 0.3 is 6.18 Å². The molecule has 0 atom stereocenters. The van der Waals surface area contributed by atoms with Crippen molar-refractivity contribution in [2.75, 3.05) is 0 Å². The Morgan fingerprint density at radius 3 is 2.71 bits per heavy atom. The van der Waals surface area contributed by atoms with Gasteiger partial charge in [0, 0.05) is 11.6 Å². The van der Waals surface area contributed by atoms with E-state index in [1.807, 2.05) is 0 Å². The number of nitrogens with zero attached hydrogens (tertiary/aromatic N) is 2. The van der Waals surface area contributed by atoms with Crippen molar-refractivity contribution in [2.24, 2.45) is 0 Å². The molecule has 0 saturated heterocycles. The monoisotopic (exact) mass is 260 g/mol. The van der Waals surface area contributed by atoms with Gasteiger partial charge < -0.3 is 4.57 Å². The van der Waals surface area contributed by atoms with Crippen molar-refractivity contribution in [3.05, 3.63) is 41.7 Å². The molecule has 0 unspecified atom stereocenters. The molecule has 2 nitrogen and oxygen atoms in total. The zero-order valence-corrected chi connectivity index (χ0v) is 9.39. The van der Waals surface area contributed by atoms with E-state index in [4.69, 9.17) is 11.6 Å². The highest BCUT2D eigenvalue weighted by Crippen LogP contribution is 2.32. The fraction of sp³-hybridized carbons (Fsp3) is 0.182. The van der Waals surface area contributed by atoms with Crippen LogP contribution < -0.4 is 0 Å². The molecule has 0 bridgehead atoms. The van der Waals surface area contributed by atoms with E-state index in [1.54, 1.807) is 0 Å². The maximum Gasteiger partial charge on any atom is 0.449 e. The summed E-state index contributed by atoms with van der Waals surface area (Å²) in [5.41, 5.74) is 0.619. The van der Waals surface area contributed by atoms with Gasteiger partial charge in [-0.3, -0.25) is 0 Å². The molecule has 0 aliphatic carbocycles. The number of hydrogen-bond acceptors (Lipinski definition) is 1. The average molecular weight is 261 g/mol. The van der Waals surface area contributed by atoms with E-state index in [2.05, 4.69) is 11.6 Å². The highest BCUT2D eigenvalue weighted by atomic mass is 35.5. The maximum atomic E-state index is 12.8. The van der Waals surface area contributed by atoms with Crippen LogP contribution in [0.3, 0.4) is 0 Å². The van der Waals surface area contributed by atoms with E-state index >= 15 is 0 Å². The molecule has 0 N–H and O–H groups in total. The SMILES string of the molecule is C=CCn1c(C(F)(F)F)nc2ccc(Cl)cc21. The number of rotatable bonds is 2. The number of aromatic nitrogens is 2. The van der Waals surface area contributed by atoms with Gasteiger partial charge in [0.25, 0.3) is 0 Å². The smallest absolute Gasteiger partial charge is 0.316 e. The van der Waals surface area contributed by atoms with Crippen LogP contribution in [0.2, 0.25) is 5.02 Å². The van der Waals surface area contributed by atoms with Crippen molar-refractivity contribution in [1.29, 1.82) is 0 Å². The van der Waals surface area contributed by atoms with Gasteiger partial charge in [-0.25, -0.2) is 4.98 Å². The van der Waals surface area contributed by atoms with Crippen LogP contribution in [0, 0.1) is 0 Å². The van der Waals surface area contributed by atoms with Crippen molar-refractivity contribution in [3.8, 4) is 0 Å². The molecule has 0 saturated carbocycles. The molecule has 1 heterocycles. The molecule has 0 aliphatic rings. The quantitative estimate of drug-likeness (QED) is 0.749. The molecule has 0 spiro atoms. The minimum atomic E-state index is -4.49. The third-order valence-corrected chi connectivity index (χ3v) is 2.51. The van der Waals surface area contributed by atoms with Crippen molar-refractivity contribution in [1.82, 2.24) is 9.55 Å². The first-order valence-electron chi connectivity index (χ1n) is 4.77. The summed E-state index contributed by atoms with van der Waals surface area (Å²) in [5.74, 6) is -0.935. The Labute approximate surface area is 100 Å². The lowest BCUT2D eigenvalue weighted by Gasteiger charge is -2.08. The Balaban J connectivity index is 2.75. The van der Waals surface area contributed by atoms with Crippen LogP contribution in [0.1, 0.15) is 5.82 Å². The van der Waals surface area contributed by atoms with Gasteiger partial charge in [-0.1, -0.05) is 17.7 Å². The largest absolute Gasteiger partial charge is 0.449 e. The highest BCUT2D eigenvalue weighted by molar-refractivity contribution is 6.31. The molecule has 1 aromatic carbocycles. The summed E-state index contributed by atoms with van der Waals surface area (Å²) in [5, 5.41) is 0.372. The highest BCUT2D eigenvalue weighted by Gasteiger charge is 2.37. The van der Waals surface area contributed by atoms with Gasteiger partial charge in [0.05, 0.1) is 11.0 Å². The molecule has 0 radical (unpaired) electrons.